The Morgan fingerprint density at radius 1 is 1.47 bits per heavy atom. The molecule has 2 rings (SSSR count). The lowest BCUT2D eigenvalue weighted by Gasteiger charge is -2.05. The summed E-state index contributed by atoms with van der Waals surface area (Å²) in [5, 5.41) is 5.87. The highest BCUT2D eigenvalue weighted by atomic mass is 35.5. The van der Waals surface area contributed by atoms with Crippen LogP contribution in [0.5, 0.6) is 0 Å². The van der Waals surface area contributed by atoms with Gasteiger partial charge in [-0.25, -0.2) is 0 Å². The van der Waals surface area contributed by atoms with Crippen LogP contribution in [0.3, 0.4) is 0 Å². The fourth-order valence-electron chi connectivity index (χ4n) is 1.43. The lowest BCUT2D eigenvalue weighted by molar-refractivity contribution is 0.950. The first-order valence-corrected chi connectivity index (χ1v) is 7.82. The molecule has 1 N–H and O–H groups in total. The number of aliphatic imine (C=N–C) groups is 1. The summed E-state index contributed by atoms with van der Waals surface area (Å²) < 4.78 is 0. The van der Waals surface area contributed by atoms with Crippen LogP contribution in [-0.2, 0) is 0 Å². The molecule has 0 amide bonds. The molecule has 1 heterocycles. The average molecular weight is 287 g/mol. The molecule has 92 valence electrons. The number of benzene rings is 1. The van der Waals surface area contributed by atoms with Gasteiger partial charge in [0.25, 0.3) is 0 Å². The third-order valence-electron chi connectivity index (χ3n) is 2.27. The first-order chi connectivity index (χ1) is 8.24. The quantitative estimate of drug-likeness (QED) is 0.677. The topological polar surface area (TPSA) is 24.4 Å². The van der Waals surface area contributed by atoms with Crippen LogP contribution in [0.2, 0.25) is 5.02 Å². The lowest BCUT2D eigenvalue weighted by Crippen LogP contribution is -2.21. The van der Waals surface area contributed by atoms with Crippen molar-refractivity contribution in [1.82, 2.24) is 5.32 Å². The number of thioether (sulfide) groups is 2. The molecule has 17 heavy (non-hydrogen) atoms. The molecule has 2 nitrogen and oxygen atoms in total. The van der Waals surface area contributed by atoms with Crippen LogP contribution in [0.4, 0.5) is 0 Å². The highest BCUT2D eigenvalue weighted by Gasteiger charge is 2.13. The van der Waals surface area contributed by atoms with Gasteiger partial charge in [-0.05, 0) is 24.3 Å². The first-order valence-electron chi connectivity index (χ1n) is 5.57. The van der Waals surface area contributed by atoms with Crippen molar-refractivity contribution in [3.8, 4) is 0 Å². The SMILES string of the molecule is C[C@@H]1CN=C(NCCSc2ccc(Cl)cc2)S1. The molecule has 1 atom stereocenters. The van der Waals surface area contributed by atoms with Crippen LogP contribution in [0.1, 0.15) is 6.92 Å². The third kappa shape index (κ3) is 4.45. The molecule has 1 aliphatic heterocycles. The molecular formula is C12H15ClN2S2. The minimum Gasteiger partial charge on any atom is -0.364 e. The van der Waals surface area contributed by atoms with E-state index in [1.165, 1.54) is 4.90 Å². The van der Waals surface area contributed by atoms with Gasteiger partial charge in [0.1, 0.15) is 0 Å². The molecule has 1 aliphatic rings. The highest BCUT2D eigenvalue weighted by Crippen LogP contribution is 2.21. The van der Waals surface area contributed by atoms with Crippen LogP contribution in [0, 0.1) is 0 Å². The molecule has 0 bridgehead atoms. The Kier molecular flexibility index (Phi) is 5.07. The Bertz CT molecular complexity index is 392. The van der Waals surface area contributed by atoms with E-state index in [4.69, 9.17) is 11.6 Å². The molecule has 0 spiro atoms. The number of rotatable bonds is 4. The van der Waals surface area contributed by atoms with Gasteiger partial charge < -0.3 is 5.32 Å². The highest BCUT2D eigenvalue weighted by molar-refractivity contribution is 8.14. The van der Waals surface area contributed by atoms with Crippen LogP contribution >= 0.6 is 35.1 Å². The monoisotopic (exact) mass is 286 g/mol. The smallest absolute Gasteiger partial charge is 0.156 e. The molecule has 0 saturated carbocycles. The van der Waals surface area contributed by atoms with E-state index in [0.717, 1.165) is 29.0 Å². The van der Waals surface area contributed by atoms with Gasteiger partial charge in [0.05, 0.1) is 6.54 Å². The summed E-state index contributed by atoms with van der Waals surface area (Å²) in [6.45, 7) is 4.09. The van der Waals surface area contributed by atoms with E-state index in [9.17, 15) is 0 Å². The van der Waals surface area contributed by atoms with Crippen molar-refractivity contribution in [2.75, 3.05) is 18.8 Å². The Morgan fingerprint density at radius 2 is 2.24 bits per heavy atom. The Morgan fingerprint density at radius 3 is 2.88 bits per heavy atom. The van der Waals surface area contributed by atoms with E-state index < -0.39 is 0 Å². The van der Waals surface area contributed by atoms with Crippen molar-refractivity contribution in [1.29, 1.82) is 0 Å². The van der Waals surface area contributed by atoms with Crippen LogP contribution in [-0.4, -0.2) is 29.3 Å². The fraction of sp³-hybridized carbons (Fsp3) is 0.417. The molecular weight excluding hydrogens is 272 g/mol. The predicted octanol–water partition coefficient (Wildman–Crippen LogP) is 3.51. The molecule has 0 fully saturated rings. The van der Waals surface area contributed by atoms with Crippen molar-refractivity contribution >= 4 is 40.3 Å². The summed E-state index contributed by atoms with van der Waals surface area (Å²) >= 11 is 9.49. The second-order valence-electron chi connectivity index (χ2n) is 3.80. The summed E-state index contributed by atoms with van der Waals surface area (Å²) in [6, 6.07) is 7.96. The zero-order valence-corrected chi connectivity index (χ0v) is 12.0. The van der Waals surface area contributed by atoms with Crippen molar-refractivity contribution in [2.24, 2.45) is 4.99 Å². The summed E-state index contributed by atoms with van der Waals surface area (Å²) in [4.78, 5) is 5.67. The van der Waals surface area contributed by atoms with Crippen LogP contribution in [0.15, 0.2) is 34.2 Å². The Hall–Kier alpha value is -0.320. The molecule has 0 aliphatic carbocycles. The molecule has 0 aromatic heterocycles. The summed E-state index contributed by atoms with van der Waals surface area (Å²) in [7, 11) is 0. The summed E-state index contributed by atoms with van der Waals surface area (Å²) in [6.07, 6.45) is 0. The van der Waals surface area contributed by atoms with E-state index in [2.05, 4.69) is 29.4 Å². The maximum absolute atomic E-state index is 5.83. The number of halogens is 1. The number of nitrogens with zero attached hydrogens (tertiary/aromatic N) is 1. The largest absolute Gasteiger partial charge is 0.364 e. The maximum Gasteiger partial charge on any atom is 0.156 e. The minimum atomic E-state index is 0.626. The van der Waals surface area contributed by atoms with Crippen LogP contribution in [0.25, 0.3) is 0 Å². The molecule has 0 radical (unpaired) electrons. The van der Waals surface area contributed by atoms with E-state index in [0.29, 0.717) is 5.25 Å². The van der Waals surface area contributed by atoms with Gasteiger partial charge in [0.15, 0.2) is 5.17 Å². The van der Waals surface area contributed by atoms with Gasteiger partial charge in [-0.3, -0.25) is 4.99 Å². The molecule has 1 aromatic rings. The van der Waals surface area contributed by atoms with E-state index in [1.807, 2.05) is 35.7 Å². The zero-order chi connectivity index (χ0) is 12.1. The van der Waals surface area contributed by atoms with Crippen molar-refractivity contribution in [2.45, 2.75) is 17.1 Å². The van der Waals surface area contributed by atoms with Gasteiger partial charge >= 0.3 is 0 Å². The van der Waals surface area contributed by atoms with Crippen molar-refractivity contribution < 1.29 is 0 Å². The molecule has 0 saturated heterocycles. The van der Waals surface area contributed by atoms with Gasteiger partial charge in [-0.1, -0.05) is 30.3 Å². The zero-order valence-electron chi connectivity index (χ0n) is 9.65. The number of amidine groups is 1. The molecule has 0 unspecified atom stereocenters. The van der Waals surface area contributed by atoms with Gasteiger partial charge in [-0.2, -0.15) is 0 Å². The van der Waals surface area contributed by atoms with E-state index in [1.54, 1.807) is 0 Å². The van der Waals surface area contributed by atoms with Crippen LogP contribution < -0.4 is 5.32 Å². The number of hydrogen-bond donors (Lipinski definition) is 1. The fourth-order valence-corrected chi connectivity index (χ4v) is 3.19. The lowest BCUT2D eigenvalue weighted by atomic mass is 10.4. The summed E-state index contributed by atoms with van der Waals surface area (Å²) in [5.74, 6) is 1.04. The Labute approximate surface area is 116 Å². The second-order valence-corrected chi connectivity index (χ2v) is 6.84. The average Bonchev–Trinajstić information content (AvgIpc) is 2.73. The molecule has 5 heteroatoms. The minimum absolute atomic E-state index is 0.626. The number of nitrogens with one attached hydrogen (secondary N) is 1. The predicted molar refractivity (Wildman–Crippen MR) is 79.5 cm³/mol. The number of hydrogen-bond acceptors (Lipinski definition) is 4. The van der Waals surface area contributed by atoms with Crippen molar-refractivity contribution in [3.05, 3.63) is 29.3 Å². The van der Waals surface area contributed by atoms with E-state index in [-0.39, 0.29) is 0 Å². The van der Waals surface area contributed by atoms with Gasteiger partial charge in [0, 0.05) is 27.5 Å². The maximum atomic E-state index is 5.83. The Balaban J connectivity index is 1.65. The standard InChI is InChI=1S/C12H15ClN2S2/c1-9-8-15-12(17-9)14-6-7-16-11-4-2-10(13)3-5-11/h2-5,9H,6-8H2,1H3,(H,14,15)/t9-/m1/s1. The van der Waals surface area contributed by atoms with Gasteiger partial charge in [-0.15, -0.1) is 11.8 Å². The van der Waals surface area contributed by atoms with Crippen molar-refractivity contribution in [3.63, 3.8) is 0 Å². The third-order valence-corrected chi connectivity index (χ3v) is 4.58. The van der Waals surface area contributed by atoms with E-state index >= 15 is 0 Å². The first kappa shape index (κ1) is 13.1. The molecule has 1 aromatic carbocycles. The normalized spacial score (nSPS) is 19.2. The summed E-state index contributed by atoms with van der Waals surface area (Å²) in [5.41, 5.74) is 0. The second kappa shape index (κ2) is 6.57. The van der Waals surface area contributed by atoms with Gasteiger partial charge in [0.2, 0.25) is 0 Å².